The number of piperidine rings is 1. The molecule has 0 spiro atoms. The summed E-state index contributed by atoms with van der Waals surface area (Å²) < 4.78 is 2.00. The number of amides is 1. The number of para-hydroxylation sites is 1. The number of aryl methyl sites for hydroxylation is 2. The zero-order chi connectivity index (χ0) is 19.1. The number of likely N-dealkylation sites (tertiary alicyclic amines) is 1. The van der Waals surface area contributed by atoms with Crippen molar-refractivity contribution < 1.29 is 4.79 Å². The van der Waals surface area contributed by atoms with Crippen molar-refractivity contribution in [1.29, 1.82) is 0 Å². The summed E-state index contributed by atoms with van der Waals surface area (Å²) >= 11 is 0. The van der Waals surface area contributed by atoms with Crippen molar-refractivity contribution in [3.8, 4) is 0 Å². The topological polar surface area (TPSA) is 66.8 Å². The van der Waals surface area contributed by atoms with Crippen LogP contribution in [0.4, 0.5) is 0 Å². The predicted molar refractivity (Wildman–Crippen MR) is 108 cm³/mol. The molecule has 146 valence electrons. The Labute approximate surface area is 164 Å². The molecular weight excluding hydrogens is 350 g/mol. The van der Waals surface area contributed by atoms with E-state index >= 15 is 0 Å². The molecule has 3 heterocycles. The van der Waals surface area contributed by atoms with E-state index in [4.69, 9.17) is 0 Å². The molecule has 6 heteroatoms. The van der Waals surface area contributed by atoms with Crippen molar-refractivity contribution in [3.63, 3.8) is 0 Å². The Bertz CT molecular complexity index is 995. The molecule has 1 fully saturated rings. The van der Waals surface area contributed by atoms with Gasteiger partial charge in [-0.1, -0.05) is 18.2 Å². The molecule has 28 heavy (non-hydrogen) atoms. The van der Waals surface area contributed by atoms with Crippen LogP contribution in [0.2, 0.25) is 0 Å². The lowest BCUT2D eigenvalue weighted by molar-refractivity contribution is -0.134. The Balaban J connectivity index is 1.29. The van der Waals surface area contributed by atoms with E-state index < -0.39 is 0 Å². The molecular formula is C22H27N5O. The third-order valence-electron chi connectivity index (χ3n) is 6.62. The molecule has 0 radical (unpaired) electrons. The maximum Gasteiger partial charge on any atom is 0.231 e. The van der Waals surface area contributed by atoms with E-state index in [9.17, 15) is 4.79 Å². The molecule has 1 atom stereocenters. The molecule has 1 N–H and O–H groups in total. The van der Waals surface area contributed by atoms with Crippen molar-refractivity contribution in [2.75, 3.05) is 13.1 Å². The number of nitrogens with one attached hydrogen (secondary N) is 1. The summed E-state index contributed by atoms with van der Waals surface area (Å²) in [5.74, 6) is 1.93. The molecule has 0 saturated carbocycles. The monoisotopic (exact) mass is 377 g/mol. The van der Waals surface area contributed by atoms with E-state index in [1.807, 2.05) is 11.6 Å². The lowest BCUT2D eigenvalue weighted by Gasteiger charge is -2.35. The summed E-state index contributed by atoms with van der Waals surface area (Å²) in [5.41, 5.74) is 3.69. The molecule has 2 aromatic heterocycles. The number of nitrogens with zero attached hydrogens (tertiary/aromatic N) is 4. The Kier molecular flexibility index (Phi) is 4.41. The maximum atomic E-state index is 13.3. The second-order valence-electron chi connectivity index (χ2n) is 8.34. The fraction of sp³-hybridized carbons (Fsp3) is 0.500. The first-order valence-corrected chi connectivity index (χ1v) is 10.4. The number of carbonyl (C=O) groups excluding carboxylic acids is 1. The Morgan fingerprint density at radius 2 is 2.04 bits per heavy atom. The number of hydrogen-bond acceptors (Lipinski definition) is 3. The van der Waals surface area contributed by atoms with Crippen LogP contribution in [0.3, 0.4) is 0 Å². The van der Waals surface area contributed by atoms with Gasteiger partial charge in [0.05, 0.1) is 5.92 Å². The van der Waals surface area contributed by atoms with Gasteiger partial charge in [0.2, 0.25) is 5.91 Å². The quantitative estimate of drug-likeness (QED) is 0.762. The van der Waals surface area contributed by atoms with Crippen LogP contribution in [-0.2, 0) is 24.7 Å². The largest absolute Gasteiger partial charge is 0.357 e. The van der Waals surface area contributed by atoms with Crippen molar-refractivity contribution in [2.45, 2.75) is 44.4 Å². The summed E-state index contributed by atoms with van der Waals surface area (Å²) in [6.45, 7) is 1.71. The van der Waals surface area contributed by atoms with Gasteiger partial charge in [-0.05, 0) is 49.7 Å². The van der Waals surface area contributed by atoms with E-state index in [0.29, 0.717) is 11.8 Å². The van der Waals surface area contributed by atoms with Gasteiger partial charge in [0, 0.05) is 43.2 Å². The maximum absolute atomic E-state index is 13.3. The van der Waals surface area contributed by atoms with Gasteiger partial charge in [-0.15, -0.1) is 10.2 Å². The predicted octanol–water partition coefficient (Wildman–Crippen LogP) is 3.20. The van der Waals surface area contributed by atoms with Crippen LogP contribution in [0.1, 0.15) is 48.7 Å². The van der Waals surface area contributed by atoms with Crippen LogP contribution < -0.4 is 0 Å². The molecule has 1 aromatic carbocycles. The molecule has 2 aliphatic rings. The van der Waals surface area contributed by atoms with Crippen molar-refractivity contribution in [1.82, 2.24) is 24.6 Å². The van der Waals surface area contributed by atoms with Crippen molar-refractivity contribution in [3.05, 3.63) is 47.7 Å². The highest BCUT2D eigenvalue weighted by molar-refractivity contribution is 5.90. The third kappa shape index (κ3) is 3.01. The van der Waals surface area contributed by atoms with Gasteiger partial charge in [-0.3, -0.25) is 4.79 Å². The molecule has 5 rings (SSSR count). The highest BCUT2D eigenvalue weighted by atomic mass is 16.2. The number of hydrogen-bond donors (Lipinski definition) is 1. The summed E-state index contributed by atoms with van der Waals surface area (Å²) in [7, 11) is 2.00. The van der Waals surface area contributed by atoms with E-state index in [0.717, 1.165) is 63.0 Å². The Hall–Kier alpha value is -2.63. The minimum Gasteiger partial charge on any atom is -0.357 e. The lowest BCUT2D eigenvalue weighted by atomic mass is 9.85. The summed E-state index contributed by atoms with van der Waals surface area (Å²) in [6, 6.07) is 8.44. The number of benzene rings is 1. The fourth-order valence-corrected chi connectivity index (χ4v) is 4.99. The number of aromatic nitrogens is 4. The molecule has 1 saturated heterocycles. The standard InChI is InChI=1S/C22H27N5O/c1-26-14-23-25-20(26)13-15-9-11-27(12-10-15)22(28)18-7-4-6-17-16-5-2-3-8-19(16)24-21(17)18/h2-3,5,8,14-15,18,24H,4,6-7,9-13H2,1H3/t18-/m1/s1. The normalized spacial score (nSPS) is 20.5. The van der Waals surface area contributed by atoms with E-state index in [2.05, 4.69) is 44.3 Å². The Morgan fingerprint density at radius 3 is 2.82 bits per heavy atom. The number of rotatable bonds is 3. The third-order valence-corrected chi connectivity index (χ3v) is 6.62. The molecule has 1 aliphatic heterocycles. The van der Waals surface area contributed by atoms with Crippen LogP contribution in [-0.4, -0.2) is 43.6 Å². The Morgan fingerprint density at radius 1 is 1.21 bits per heavy atom. The first-order valence-electron chi connectivity index (χ1n) is 10.4. The smallest absolute Gasteiger partial charge is 0.231 e. The first kappa shape index (κ1) is 17.5. The fourth-order valence-electron chi connectivity index (χ4n) is 4.99. The van der Waals surface area contributed by atoms with Gasteiger partial charge in [-0.25, -0.2) is 0 Å². The average molecular weight is 377 g/mol. The number of H-pyrrole nitrogens is 1. The zero-order valence-electron chi connectivity index (χ0n) is 16.4. The zero-order valence-corrected chi connectivity index (χ0v) is 16.4. The number of carbonyl (C=O) groups is 1. The van der Waals surface area contributed by atoms with Gasteiger partial charge in [0.25, 0.3) is 0 Å². The molecule has 0 unspecified atom stereocenters. The van der Waals surface area contributed by atoms with E-state index in [1.165, 1.54) is 16.6 Å². The van der Waals surface area contributed by atoms with Gasteiger partial charge in [-0.2, -0.15) is 0 Å². The highest BCUT2D eigenvalue weighted by Crippen LogP contribution is 2.37. The molecule has 0 bridgehead atoms. The summed E-state index contributed by atoms with van der Waals surface area (Å²) in [5, 5.41) is 9.48. The highest BCUT2D eigenvalue weighted by Gasteiger charge is 2.34. The van der Waals surface area contributed by atoms with Crippen LogP contribution in [0.5, 0.6) is 0 Å². The van der Waals surface area contributed by atoms with Crippen LogP contribution >= 0.6 is 0 Å². The SMILES string of the molecule is Cn1cnnc1CC1CCN(C(=O)[C@@H]2CCCc3c2[nH]c2ccccc32)CC1. The molecule has 3 aromatic rings. The first-order chi connectivity index (χ1) is 13.7. The molecule has 1 amide bonds. The number of fused-ring (bicyclic) bond motifs is 3. The van der Waals surface area contributed by atoms with Crippen LogP contribution in [0.25, 0.3) is 10.9 Å². The average Bonchev–Trinajstić information content (AvgIpc) is 3.31. The molecule has 6 nitrogen and oxygen atoms in total. The summed E-state index contributed by atoms with van der Waals surface area (Å²) in [6.07, 6.45) is 7.92. The van der Waals surface area contributed by atoms with Crippen LogP contribution in [0.15, 0.2) is 30.6 Å². The van der Waals surface area contributed by atoms with Gasteiger partial charge in [0.15, 0.2) is 0 Å². The minimum atomic E-state index is -0.00793. The van der Waals surface area contributed by atoms with Crippen molar-refractivity contribution in [2.24, 2.45) is 13.0 Å². The van der Waals surface area contributed by atoms with Crippen molar-refractivity contribution >= 4 is 16.8 Å². The van der Waals surface area contributed by atoms with Gasteiger partial charge < -0.3 is 14.5 Å². The van der Waals surface area contributed by atoms with Crippen LogP contribution in [0, 0.1) is 5.92 Å². The van der Waals surface area contributed by atoms with Gasteiger partial charge in [0.1, 0.15) is 12.2 Å². The van der Waals surface area contributed by atoms with E-state index in [-0.39, 0.29) is 5.92 Å². The minimum absolute atomic E-state index is 0.00793. The second-order valence-corrected chi connectivity index (χ2v) is 8.34. The van der Waals surface area contributed by atoms with E-state index in [1.54, 1.807) is 6.33 Å². The molecule has 1 aliphatic carbocycles. The van der Waals surface area contributed by atoms with Gasteiger partial charge >= 0.3 is 0 Å². The summed E-state index contributed by atoms with van der Waals surface area (Å²) in [4.78, 5) is 19.0. The number of aromatic amines is 1. The lowest BCUT2D eigenvalue weighted by Crippen LogP contribution is -2.42. The second kappa shape index (κ2) is 7.08.